The Morgan fingerprint density at radius 1 is 1.64 bits per heavy atom. The van der Waals surface area contributed by atoms with Gasteiger partial charge in [-0.25, -0.2) is 4.98 Å². The molecule has 0 aliphatic heterocycles. The number of hydrogen-bond acceptors (Lipinski definition) is 5. The number of hydrogen-bond donors (Lipinski definition) is 2. The first-order valence-electron chi connectivity index (χ1n) is 4.07. The van der Waals surface area contributed by atoms with Crippen LogP contribution in [0.2, 0.25) is 0 Å². The number of nitrogens with zero attached hydrogens (tertiary/aromatic N) is 1. The monoisotopic (exact) mass is 210 g/mol. The highest BCUT2D eigenvalue weighted by atomic mass is 32.1. The van der Waals surface area contributed by atoms with E-state index in [-0.39, 0.29) is 0 Å². The normalized spacial score (nSPS) is 15.3. The smallest absolute Gasteiger partial charge is 0.180 e. The van der Waals surface area contributed by atoms with E-state index < -0.39 is 5.60 Å². The topological polar surface area (TPSA) is 72.3 Å². The molecule has 4 nitrogen and oxygen atoms in total. The lowest BCUT2D eigenvalue weighted by atomic mass is 9.98. The molecule has 5 heteroatoms. The third-order valence-electron chi connectivity index (χ3n) is 2.09. The molecular formula is C9H10N2O2S. The van der Waals surface area contributed by atoms with Crippen molar-refractivity contribution in [1.29, 1.82) is 0 Å². The third kappa shape index (κ3) is 1.40. The van der Waals surface area contributed by atoms with Gasteiger partial charge < -0.3 is 15.3 Å². The molecule has 0 saturated heterocycles. The Hall–Kier alpha value is -1.33. The lowest BCUT2D eigenvalue weighted by Crippen LogP contribution is -2.20. The largest absolute Gasteiger partial charge is 0.472 e. The number of anilines is 1. The Morgan fingerprint density at radius 3 is 2.93 bits per heavy atom. The molecule has 74 valence electrons. The minimum Gasteiger partial charge on any atom is -0.472 e. The van der Waals surface area contributed by atoms with E-state index in [9.17, 15) is 5.11 Å². The van der Waals surface area contributed by atoms with Crippen LogP contribution < -0.4 is 5.73 Å². The average Bonchev–Trinajstić information content (AvgIpc) is 2.72. The van der Waals surface area contributed by atoms with Crippen LogP contribution in [0.25, 0.3) is 0 Å². The van der Waals surface area contributed by atoms with Gasteiger partial charge in [0.15, 0.2) is 5.13 Å². The molecule has 0 fully saturated rings. The molecule has 3 N–H and O–H groups in total. The number of furan rings is 1. The van der Waals surface area contributed by atoms with Gasteiger partial charge in [-0.3, -0.25) is 0 Å². The van der Waals surface area contributed by atoms with Crippen LogP contribution >= 0.6 is 11.3 Å². The summed E-state index contributed by atoms with van der Waals surface area (Å²) in [6, 6.07) is 1.72. The molecule has 14 heavy (non-hydrogen) atoms. The highest BCUT2D eigenvalue weighted by Crippen LogP contribution is 2.33. The standard InChI is InChI=1S/C9H10N2O2S/c1-9(12,6-2-3-13-5-6)7-4-11-8(10)14-7/h2-5,12H,1H3,(H2,10,11). The first-order valence-corrected chi connectivity index (χ1v) is 4.89. The van der Waals surface area contributed by atoms with E-state index in [0.717, 1.165) is 0 Å². The van der Waals surface area contributed by atoms with E-state index in [1.165, 1.54) is 23.9 Å². The number of thiazole rings is 1. The zero-order valence-corrected chi connectivity index (χ0v) is 8.41. The molecule has 0 amide bonds. The van der Waals surface area contributed by atoms with Gasteiger partial charge in [-0.15, -0.1) is 0 Å². The van der Waals surface area contributed by atoms with Crippen molar-refractivity contribution < 1.29 is 9.52 Å². The molecular weight excluding hydrogens is 200 g/mol. The van der Waals surface area contributed by atoms with Crippen molar-refractivity contribution in [3.63, 3.8) is 0 Å². The third-order valence-corrected chi connectivity index (χ3v) is 3.12. The predicted octanol–water partition coefficient (Wildman–Crippen LogP) is 1.57. The van der Waals surface area contributed by atoms with E-state index in [0.29, 0.717) is 15.6 Å². The van der Waals surface area contributed by atoms with Crippen molar-refractivity contribution in [2.75, 3.05) is 5.73 Å². The number of nitrogens with two attached hydrogens (primary N) is 1. The van der Waals surface area contributed by atoms with E-state index in [2.05, 4.69) is 4.98 Å². The molecule has 0 bridgehead atoms. The van der Waals surface area contributed by atoms with Crippen molar-refractivity contribution in [2.24, 2.45) is 0 Å². The molecule has 1 atom stereocenters. The maximum Gasteiger partial charge on any atom is 0.180 e. The fourth-order valence-electron chi connectivity index (χ4n) is 1.20. The van der Waals surface area contributed by atoms with E-state index in [4.69, 9.17) is 10.2 Å². The van der Waals surface area contributed by atoms with Crippen LogP contribution in [0.15, 0.2) is 29.2 Å². The van der Waals surface area contributed by atoms with Gasteiger partial charge in [0.25, 0.3) is 0 Å². The summed E-state index contributed by atoms with van der Waals surface area (Å²) in [5.41, 5.74) is 5.12. The Balaban J connectivity index is 2.42. The molecule has 0 aliphatic carbocycles. The molecule has 0 aromatic carbocycles. The number of nitrogen functional groups attached to an aromatic ring is 1. The van der Waals surface area contributed by atoms with Gasteiger partial charge in [0.05, 0.1) is 17.4 Å². The quantitative estimate of drug-likeness (QED) is 0.789. The highest BCUT2D eigenvalue weighted by molar-refractivity contribution is 7.15. The fourth-order valence-corrected chi connectivity index (χ4v) is 1.95. The van der Waals surface area contributed by atoms with Gasteiger partial charge in [0.2, 0.25) is 0 Å². The van der Waals surface area contributed by atoms with Crippen LogP contribution in [0, 0.1) is 0 Å². The highest BCUT2D eigenvalue weighted by Gasteiger charge is 2.28. The molecule has 2 aromatic heterocycles. The van der Waals surface area contributed by atoms with Crippen LogP contribution in [0.5, 0.6) is 0 Å². The second kappa shape index (κ2) is 3.11. The number of aliphatic hydroxyl groups is 1. The van der Waals surface area contributed by atoms with E-state index in [1.807, 2.05) is 0 Å². The summed E-state index contributed by atoms with van der Waals surface area (Å²) in [4.78, 5) is 4.60. The van der Waals surface area contributed by atoms with Crippen LogP contribution in [0.3, 0.4) is 0 Å². The SMILES string of the molecule is CC(O)(c1ccoc1)c1cnc(N)s1. The van der Waals surface area contributed by atoms with Crippen molar-refractivity contribution in [2.45, 2.75) is 12.5 Å². The van der Waals surface area contributed by atoms with Gasteiger partial charge in [-0.1, -0.05) is 11.3 Å². The zero-order chi connectivity index (χ0) is 10.2. The Labute approximate surface area is 85.0 Å². The molecule has 2 aromatic rings. The molecule has 0 saturated carbocycles. The average molecular weight is 210 g/mol. The van der Waals surface area contributed by atoms with Crippen molar-refractivity contribution in [1.82, 2.24) is 4.98 Å². The summed E-state index contributed by atoms with van der Waals surface area (Å²) in [7, 11) is 0. The number of aromatic nitrogens is 1. The van der Waals surface area contributed by atoms with E-state index in [1.54, 1.807) is 19.2 Å². The molecule has 2 heterocycles. The summed E-state index contributed by atoms with van der Waals surface area (Å²) >= 11 is 1.27. The maximum absolute atomic E-state index is 10.2. The predicted molar refractivity (Wildman–Crippen MR) is 53.9 cm³/mol. The summed E-state index contributed by atoms with van der Waals surface area (Å²) in [6.45, 7) is 1.69. The van der Waals surface area contributed by atoms with Crippen LogP contribution in [-0.4, -0.2) is 10.1 Å². The summed E-state index contributed by atoms with van der Waals surface area (Å²) in [5, 5.41) is 10.7. The molecule has 1 unspecified atom stereocenters. The second-order valence-corrected chi connectivity index (χ2v) is 4.21. The van der Waals surface area contributed by atoms with Crippen LogP contribution in [0.1, 0.15) is 17.4 Å². The summed E-state index contributed by atoms with van der Waals surface area (Å²) in [5.74, 6) is 0. The second-order valence-electron chi connectivity index (χ2n) is 3.15. The summed E-state index contributed by atoms with van der Waals surface area (Å²) < 4.78 is 4.92. The Kier molecular flexibility index (Phi) is 2.05. The summed E-state index contributed by atoms with van der Waals surface area (Å²) in [6.07, 6.45) is 4.61. The van der Waals surface area contributed by atoms with Crippen molar-refractivity contribution in [3.05, 3.63) is 35.2 Å². The van der Waals surface area contributed by atoms with Crippen LogP contribution in [0.4, 0.5) is 5.13 Å². The molecule has 0 aliphatic rings. The first-order chi connectivity index (χ1) is 6.60. The van der Waals surface area contributed by atoms with Gasteiger partial charge in [0.1, 0.15) is 5.60 Å². The number of rotatable bonds is 2. The molecule has 2 rings (SSSR count). The lowest BCUT2D eigenvalue weighted by molar-refractivity contribution is 0.105. The van der Waals surface area contributed by atoms with Gasteiger partial charge in [-0.2, -0.15) is 0 Å². The maximum atomic E-state index is 10.2. The van der Waals surface area contributed by atoms with Gasteiger partial charge >= 0.3 is 0 Å². The van der Waals surface area contributed by atoms with Crippen molar-refractivity contribution in [3.8, 4) is 0 Å². The van der Waals surface area contributed by atoms with Gasteiger partial charge in [-0.05, 0) is 13.0 Å². The molecule has 0 radical (unpaired) electrons. The Morgan fingerprint density at radius 2 is 2.43 bits per heavy atom. The Bertz CT molecular complexity index is 420. The lowest BCUT2D eigenvalue weighted by Gasteiger charge is -2.18. The van der Waals surface area contributed by atoms with Gasteiger partial charge in [0, 0.05) is 11.8 Å². The van der Waals surface area contributed by atoms with E-state index >= 15 is 0 Å². The van der Waals surface area contributed by atoms with Crippen molar-refractivity contribution >= 4 is 16.5 Å². The zero-order valence-electron chi connectivity index (χ0n) is 7.60. The van der Waals surface area contributed by atoms with Crippen LogP contribution in [-0.2, 0) is 5.60 Å². The fraction of sp³-hybridized carbons (Fsp3) is 0.222. The minimum absolute atomic E-state index is 0.448. The minimum atomic E-state index is -1.08. The first kappa shape index (κ1) is 9.23. The molecule has 0 spiro atoms.